The Kier molecular flexibility index (Phi) is 2.95. The van der Waals surface area contributed by atoms with Gasteiger partial charge in [0, 0.05) is 29.4 Å². The molecule has 17 heavy (non-hydrogen) atoms. The van der Waals surface area contributed by atoms with E-state index in [0.717, 1.165) is 12.5 Å². The molecule has 92 valence electrons. The number of halogens is 2. The van der Waals surface area contributed by atoms with Crippen LogP contribution in [0.2, 0.25) is 0 Å². The summed E-state index contributed by atoms with van der Waals surface area (Å²) in [5.74, 6) is 0.468. The van der Waals surface area contributed by atoms with E-state index in [2.05, 4.69) is 5.32 Å². The summed E-state index contributed by atoms with van der Waals surface area (Å²) >= 11 is 0. The van der Waals surface area contributed by atoms with E-state index in [1.807, 2.05) is 6.92 Å². The molecule has 0 spiro atoms. The highest BCUT2D eigenvalue weighted by atomic mass is 19.3. The maximum absolute atomic E-state index is 12.8. The minimum Gasteiger partial charge on any atom is -0.382 e. The maximum atomic E-state index is 12.8. The van der Waals surface area contributed by atoms with Gasteiger partial charge in [-0.05, 0) is 18.4 Å². The van der Waals surface area contributed by atoms with Crippen molar-refractivity contribution < 1.29 is 13.7 Å². The summed E-state index contributed by atoms with van der Waals surface area (Å²) in [6.45, 7) is 2.02. The van der Waals surface area contributed by atoms with E-state index >= 15 is 0 Å². The van der Waals surface area contributed by atoms with Gasteiger partial charge < -0.3 is 5.32 Å². The molecule has 0 aromatic heterocycles. The van der Waals surface area contributed by atoms with E-state index < -0.39 is 11.3 Å². The molecule has 1 aromatic carbocycles. The van der Waals surface area contributed by atoms with Crippen LogP contribution in [0.15, 0.2) is 18.2 Å². The van der Waals surface area contributed by atoms with Crippen LogP contribution >= 0.6 is 0 Å². The summed E-state index contributed by atoms with van der Waals surface area (Å²) in [5, 5.41) is 13.5. The molecule has 1 aliphatic rings. The van der Waals surface area contributed by atoms with E-state index in [1.165, 1.54) is 12.1 Å². The molecule has 0 bridgehead atoms. The van der Waals surface area contributed by atoms with Crippen LogP contribution in [0.3, 0.4) is 0 Å². The van der Waals surface area contributed by atoms with E-state index in [9.17, 15) is 18.9 Å². The van der Waals surface area contributed by atoms with Crippen LogP contribution in [0, 0.1) is 16.0 Å². The molecule has 1 N–H and O–H groups in total. The van der Waals surface area contributed by atoms with Crippen molar-refractivity contribution in [2.75, 3.05) is 5.32 Å². The molecule has 0 radical (unpaired) electrons. The molecule has 1 saturated carbocycles. The quantitative estimate of drug-likeness (QED) is 0.650. The SMILES string of the molecule is CC1CC1Nc1ccc([N+](=O)[O-])cc1C(F)F. The number of hydrogen-bond acceptors (Lipinski definition) is 3. The highest BCUT2D eigenvalue weighted by Crippen LogP contribution is 2.37. The molecule has 2 unspecified atom stereocenters. The van der Waals surface area contributed by atoms with Gasteiger partial charge in [0.1, 0.15) is 0 Å². The fraction of sp³-hybridized carbons (Fsp3) is 0.455. The Morgan fingerprint density at radius 2 is 2.18 bits per heavy atom. The number of non-ortho nitro benzene ring substituents is 1. The van der Waals surface area contributed by atoms with Crippen molar-refractivity contribution in [1.29, 1.82) is 0 Å². The zero-order valence-corrected chi connectivity index (χ0v) is 9.19. The van der Waals surface area contributed by atoms with Gasteiger partial charge in [0.25, 0.3) is 12.1 Å². The smallest absolute Gasteiger partial charge is 0.270 e. The van der Waals surface area contributed by atoms with Crippen molar-refractivity contribution in [3.05, 3.63) is 33.9 Å². The topological polar surface area (TPSA) is 55.2 Å². The lowest BCUT2D eigenvalue weighted by molar-refractivity contribution is -0.385. The average molecular weight is 242 g/mol. The largest absolute Gasteiger partial charge is 0.382 e. The first-order chi connectivity index (χ1) is 7.99. The summed E-state index contributed by atoms with van der Waals surface area (Å²) in [4.78, 5) is 9.84. The second-order valence-corrected chi connectivity index (χ2v) is 4.29. The number of anilines is 1. The van der Waals surface area contributed by atoms with Crippen LogP contribution in [-0.4, -0.2) is 11.0 Å². The van der Waals surface area contributed by atoms with E-state index in [1.54, 1.807) is 0 Å². The van der Waals surface area contributed by atoms with E-state index in [4.69, 9.17) is 0 Å². The number of hydrogen-bond donors (Lipinski definition) is 1. The van der Waals surface area contributed by atoms with Crippen molar-refractivity contribution in [2.45, 2.75) is 25.8 Å². The number of rotatable bonds is 4. The first kappa shape index (κ1) is 11.8. The molecule has 2 rings (SSSR count). The van der Waals surface area contributed by atoms with Gasteiger partial charge in [-0.1, -0.05) is 6.92 Å². The third-order valence-corrected chi connectivity index (χ3v) is 2.93. The number of nitrogens with zero attached hydrogens (tertiary/aromatic N) is 1. The molecule has 4 nitrogen and oxygen atoms in total. The predicted octanol–water partition coefficient (Wildman–Crippen LogP) is 3.35. The average Bonchev–Trinajstić information content (AvgIpc) is 2.94. The third-order valence-electron chi connectivity index (χ3n) is 2.93. The lowest BCUT2D eigenvalue weighted by atomic mass is 10.1. The Morgan fingerprint density at radius 3 is 2.65 bits per heavy atom. The molecule has 0 saturated heterocycles. The van der Waals surface area contributed by atoms with E-state index in [0.29, 0.717) is 11.6 Å². The standard InChI is InChI=1S/C11H12F2N2O2/c1-6-4-10(6)14-9-3-2-7(15(16)17)5-8(9)11(12)13/h2-3,5-6,10-11,14H,4H2,1H3. The van der Waals surface area contributed by atoms with Crippen molar-refractivity contribution in [1.82, 2.24) is 0 Å². The third kappa shape index (κ3) is 2.51. The van der Waals surface area contributed by atoms with Gasteiger partial charge in [0.2, 0.25) is 0 Å². The second kappa shape index (κ2) is 4.27. The zero-order chi connectivity index (χ0) is 12.6. The van der Waals surface area contributed by atoms with Gasteiger partial charge in [-0.25, -0.2) is 8.78 Å². The molecule has 0 heterocycles. The van der Waals surface area contributed by atoms with Crippen LogP contribution in [-0.2, 0) is 0 Å². The number of nitro groups is 1. The van der Waals surface area contributed by atoms with Crippen molar-refractivity contribution in [2.24, 2.45) is 5.92 Å². The zero-order valence-electron chi connectivity index (χ0n) is 9.19. The van der Waals surface area contributed by atoms with Crippen molar-refractivity contribution >= 4 is 11.4 Å². The van der Waals surface area contributed by atoms with Gasteiger partial charge in [0.05, 0.1) is 4.92 Å². The normalized spacial score (nSPS) is 22.6. The summed E-state index contributed by atoms with van der Waals surface area (Å²) in [7, 11) is 0. The van der Waals surface area contributed by atoms with Gasteiger partial charge in [-0.2, -0.15) is 0 Å². The molecule has 2 atom stereocenters. The monoisotopic (exact) mass is 242 g/mol. The van der Waals surface area contributed by atoms with E-state index in [-0.39, 0.29) is 17.3 Å². The Bertz CT molecular complexity index is 451. The minimum absolute atomic E-state index is 0.203. The Morgan fingerprint density at radius 1 is 1.53 bits per heavy atom. The summed E-state index contributed by atoms with van der Waals surface area (Å²) in [6.07, 6.45) is -1.77. The lowest BCUT2D eigenvalue weighted by Gasteiger charge is -2.10. The summed E-state index contributed by atoms with van der Waals surface area (Å²) in [6, 6.07) is 3.72. The highest BCUT2D eigenvalue weighted by molar-refractivity contribution is 5.57. The number of nitro benzene ring substituents is 1. The van der Waals surface area contributed by atoms with Crippen LogP contribution in [0.25, 0.3) is 0 Å². The summed E-state index contributed by atoms with van der Waals surface area (Å²) in [5.41, 5.74) is -0.326. The predicted molar refractivity (Wildman–Crippen MR) is 59.2 cm³/mol. The summed E-state index contributed by atoms with van der Waals surface area (Å²) < 4.78 is 25.6. The number of benzene rings is 1. The molecular formula is C11H12F2N2O2. The fourth-order valence-corrected chi connectivity index (χ4v) is 1.70. The first-order valence-corrected chi connectivity index (χ1v) is 5.32. The van der Waals surface area contributed by atoms with Gasteiger partial charge in [-0.15, -0.1) is 0 Å². The Labute approximate surface area is 96.8 Å². The maximum Gasteiger partial charge on any atom is 0.270 e. The van der Waals surface area contributed by atoms with Crippen molar-refractivity contribution in [3.63, 3.8) is 0 Å². The Balaban J connectivity index is 2.27. The van der Waals surface area contributed by atoms with Gasteiger partial charge >= 0.3 is 0 Å². The fourth-order valence-electron chi connectivity index (χ4n) is 1.70. The van der Waals surface area contributed by atoms with Crippen LogP contribution in [0.5, 0.6) is 0 Å². The van der Waals surface area contributed by atoms with Crippen LogP contribution in [0.4, 0.5) is 20.2 Å². The molecular weight excluding hydrogens is 230 g/mol. The minimum atomic E-state index is -2.72. The van der Waals surface area contributed by atoms with Gasteiger partial charge in [0.15, 0.2) is 0 Å². The molecule has 1 aliphatic carbocycles. The highest BCUT2D eigenvalue weighted by Gasteiger charge is 2.33. The van der Waals surface area contributed by atoms with Crippen LogP contribution in [0.1, 0.15) is 25.3 Å². The number of alkyl halides is 2. The van der Waals surface area contributed by atoms with Crippen LogP contribution < -0.4 is 5.32 Å². The molecule has 0 amide bonds. The molecule has 6 heteroatoms. The lowest BCUT2D eigenvalue weighted by Crippen LogP contribution is -2.06. The molecule has 0 aliphatic heterocycles. The van der Waals surface area contributed by atoms with Gasteiger partial charge in [-0.3, -0.25) is 10.1 Å². The van der Waals surface area contributed by atoms with Crippen molar-refractivity contribution in [3.8, 4) is 0 Å². The first-order valence-electron chi connectivity index (χ1n) is 5.32. The molecule has 1 aromatic rings. The Hall–Kier alpha value is -1.72. The molecule has 1 fully saturated rings. The second-order valence-electron chi connectivity index (χ2n) is 4.29. The number of nitrogens with one attached hydrogen (secondary N) is 1.